The minimum absolute atomic E-state index is 0.109. The largest absolute Gasteiger partial charge is 0.372 e. The molecule has 2 aliphatic rings. The van der Waals surface area contributed by atoms with E-state index in [-0.39, 0.29) is 5.54 Å². The molecule has 1 aliphatic heterocycles. The number of fused-ring (bicyclic) bond motifs is 3. The van der Waals surface area contributed by atoms with Crippen molar-refractivity contribution in [3.05, 3.63) is 48.3 Å². The Hall–Kier alpha value is -1.70. The summed E-state index contributed by atoms with van der Waals surface area (Å²) in [4.78, 5) is 0. The van der Waals surface area contributed by atoms with Gasteiger partial charge >= 0.3 is 0 Å². The zero-order chi connectivity index (χ0) is 11.5. The Morgan fingerprint density at radius 2 is 2.00 bits per heavy atom. The zero-order valence-corrected chi connectivity index (χ0v) is 9.98. The molecule has 0 saturated heterocycles. The maximum atomic E-state index is 3.76. The lowest BCUT2D eigenvalue weighted by atomic mass is 9.89. The van der Waals surface area contributed by atoms with Gasteiger partial charge in [-0.1, -0.05) is 12.1 Å². The van der Waals surface area contributed by atoms with E-state index in [0.29, 0.717) is 0 Å². The molecule has 2 aromatic rings. The van der Waals surface area contributed by atoms with Crippen LogP contribution in [0.25, 0.3) is 5.69 Å². The van der Waals surface area contributed by atoms with Gasteiger partial charge in [0.25, 0.3) is 0 Å². The Kier molecular flexibility index (Phi) is 1.62. The van der Waals surface area contributed by atoms with Gasteiger partial charge in [0.05, 0.1) is 16.9 Å². The van der Waals surface area contributed by atoms with Crippen LogP contribution in [0.3, 0.4) is 0 Å². The molecule has 1 aromatic heterocycles. The summed E-state index contributed by atoms with van der Waals surface area (Å²) >= 11 is 0. The number of anilines is 1. The highest BCUT2D eigenvalue weighted by atomic mass is 15.1. The first-order valence-corrected chi connectivity index (χ1v) is 6.34. The molecular formula is C15H16N2. The van der Waals surface area contributed by atoms with Crippen molar-refractivity contribution in [2.45, 2.75) is 25.3 Å². The molecule has 2 heterocycles. The second kappa shape index (κ2) is 2.95. The second-order valence-electron chi connectivity index (χ2n) is 5.38. The molecule has 4 rings (SSSR count). The van der Waals surface area contributed by atoms with Crippen LogP contribution in [0.5, 0.6) is 0 Å². The lowest BCUT2D eigenvalue weighted by Crippen LogP contribution is -2.39. The predicted octanol–water partition coefficient (Wildman–Crippen LogP) is 3.53. The smallest absolute Gasteiger partial charge is 0.0780 e. The van der Waals surface area contributed by atoms with Crippen molar-refractivity contribution >= 4 is 5.69 Å². The molecule has 2 heteroatoms. The summed E-state index contributed by atoms with van der Waals surface area (Å²) in [6.45, 7) is 2.34. The van der Waals surface area contributed by atoms with Crippen molar-refractivity contribution in [3.63, 3.8) is 0 Å². The summed E-state index contributed by atoms with van der Waals surface area (Å²) in [5, 5.41) is 3.76. The zero-order valence-electron chi connectivity index (χ0n) is 9.98. The topological polar surface area (TPSA) is 17.0 Å². The molecule has 1 saturated carbocycles. The number of para-hydroxylation sites is 2. The van der Waals surface area contributed by atoms with Crippen LogP contribution in [0, 0.1) is 5.92 Å². The molecule has 1 aromatic carbocycles. The van der Waals surface area contributed by atoms with Crippen LogP contribution in [-0.2, 0) is 5.54 Å². The first-order chi connectivity index (χ1) is 8.29. The van der Waals surface area contributed by atoms with Gasteiger partial charge in [-0.25, -0.2) is 0 Å². The minimum Gasteiger partial charge on any atom is -0.372 e. The van der Waals surface area contributed by atoms with E-state index < -0.39 is 0 Å². The minimum atomic E-state index is 0.109. The van der Waals surface area contributed by atoms with Gasteiger partial charge in [-0.2, -0.15) is 0 Å². The van der Waals surface area contributed by atoms with Gasteiger partial charge in [-0.15, -0.1) is 0 Å². The van der Waals surface area contributed by atoms with Crippen molar-refractivity contribution < 1.29 is 0 Å². The third kappa shape index (κ3) is 1.15. The maximum absolute atomic E-state index is 3.76. The highest BCUT2D eigenvalue weighted by Crippen LogP contribution is 2.50. The Bertz CT molecular complexity index is 580. The van der Waals surface area contributed by atoms with Crippen molar-refractivity contribution in [2.75, 3.05) is 5.32 Å². The Morgan fingerprint density at radius 3 is 2.82 bits per heavy atom. The van der Waals surface area contributed by atoms with E-state index in [0.717, 1.165) is 5.92 Å². The summed E-state index contributed by atoms with van der Waals surface area (Å²) < 4.78 is 2.34. The highest BCUT2D eigenvalue weighted by Gasteiger charge is 2.46. The predicted molar refractivity (Wildman–Crippen MR) is 69.5 cm³/mol. The quantitative estimate of drug-likeness (QED) is 0.784. The molecule has 17 heavy (non-hydrogen) atoms. The molecule has 0 bridgehead atoms. The molecule has 1 atom stereocenters. The standard InChI is InChI=1S/C15H16N2/c1-15(11-8-9-11)14-7-4-10-17(14)13-6-3-2-5-12(13)16-15/h2-7,10-11,16H,8-9H2,1H3. The molecule has 1 N–H and O–H groups in total. The molecule has 0 radical (unpaired) electrons. The summed E-state index contributed by atoms with van der Waals surface area (Å²) in [6, 6.07) is 13.0. The van der Waals surface area contributed by atoms with Crippen LogP contribution in [-0.4, -0.2) is 4.57 Å². The Balaban J connectivity index is 1.98. The molecule has 0 amide bonds. The highest BCUT2D eigenvalue weighted by molar-refractivity contribution is 5.67. The molecule has 0 spiro atoms. The van der Waals surface area contributed by atoms with Gasteiger partial charge in [-0.05, 0) is 49.9 Å². The first kappa shape index (κ1) is 9.34. The van der Waals surface area contributed by atoms with E-state index in [4.69, 9.17) is 0 Å². The van der Waals surface area contributed by atoms with E-state index >= 15 is 0 Å². The molecule has 86 valence electrons. The van der Waals surface area contributed by atoms with Crippen LogP contribution in [0.4, 0.5) is 5.69 Å². The summed E-state index contributed by atoms with van der Waals surface area (Å²) in [7, 11) is 0. The SMILES string of the molecule is CC1(C2CC2)Nc2ccccc2-n2cccc21. The van der Waals surface area contributed by atoms with Crippen molar-refractivity contribution in [1.82, 2.24) is 4.57 Å². The van der Waals surface area contributed by atoms with Crippen molar-refractivity contribution in [2.24, 2.45) is 5.92 Å². The summed E-state index contributed by atoms with van der Waals surface area (Å²) in [5.74, 6) is 0.782. The summed E-state index contributed by atoms with van der Waals surface area (Å²) in [5.41, 5.74) is 4.03. The number of nitrogens with zero attached hydrogens (tertiary/aromatic N) is 1. The fraction of sp³-hybridized carbons (Fsp3) is 0.333. The fourth-order valence-electron chi connectivity index (χ4n) is 3.12. The lowest BCUT2D eigenvalue weighted by molar-refractivity contribution is 0.441. The van der Waals surface area contributed by atoms with Gasteiger partial charge in [0.15, 0.2) is 0 Å². The maximum Gasteiger partial charge on any atom is 0.0780 e. The van der Waals surface area contributed by atoms with Crippen LogP contribution >= 0.6 is 0 Å². The van der Waals surface area contributed by atoms with Crippen LogP contribution < -0.4 is 5.32 Å². The molecule has 1 unspecified atom stereocenters. The van der Waals surface area contributed by atoms with Gasteiger partial charge in [0.2, 0.25) is 0 Å². The second-order valence-corrected chi connectivity index (χ2v) is 5.38. The molecule has 2 nitrogen and oxygen atoms in total. The number of hydrogen-bond donors (Lipinski definition) is 1. The van der Waals surface area contributed by atoms with Crippen molar-refractivity contribution in [1.29, 1.82) is 0 Å². The van der Waals surface area contributed by atoms with Gasteiger partial charge < -0.3 is 9.88 Å². The number of benzene rings is 1. The number of aromatic nitrogens is 1. The fourth-order valence-corrected chi connectivity index (χ4v) is 3.12. The average molecular weight is 224 g/mol. The monoisotopic (exact) mass is 224 g/mol. The van der Waals surface area contributed by atoms with E-state index in [1.54, 1.807) is 0 Å². The van der Waals surface area contributed by atoms with Gasteiger partial charge in [-0.3, -0.25) is 0 Å². The van der Waals surface area contributed by atoms with E-state index in [1.165, 1.54) is 29.9 Å². The normalized spacial score (nSPS) is 25.9. The van der Waals surface area contributed by atoms with Crippen LogP contribution in [0.15, 0.2) is 42.6 Å². The number of nitrogens with one attached hydrogen (secondary N) is 1. The lowest BCUT2D eigenvalue weighted by Gasteiger charge is -2.38. The molecular weight excluding hydrogens is 208 g/mol. The Labute approximate surface area is 101 Å². The third-order valence-corrected chi connectivity index (χ3v) is 4.23. The van der Waals surface area contributed by atoms with Crippen molar-refractivity contribution in [3.8, 4) is 5.69 Å². The summed E-state index contributed by atoms with van der Waals surface area (Å²) in [6.07, 6.45) is 4.86. The van der Waals surface area contributed by atoms with E-state index in [2.05, 4.69) is 59.4 Å². The van der Waals surface area contributed by atoms with Gasteiger partial charge in [0, 0.05) is 11.9 Å². The van der Waals surface area contributed by atoms with Gasteiger partial charge in [0.1, 0.15) is 0 Å². The molecule has 1 aliphatic carbocycles. The van der Waals surface area contributed by atoms with E-state index in [9.17, 15) is 0 Å². The Morgan fingerprint density at radius 1 is 1.18 bits per heavy atom. The first-order valence-electron chi connectivity index (χ1n) is 6.34. The van der Waals surface area contributed by atoms with Crippen LogP contribution in [0.1, 0.15) is 25.5 Å². The number of hydrogen-bond acceptors (Lipinski definition) is 1. The third-order valence-electron chi connectivity index (χ3n) is 4.23. The van der Waals surface area contributed by atoms with Crippen LogP contribution in [0.2, 0.25) is 0 Å². The molecule has 1 fully saturated rings. The average Bonchev–Trinajstić information content (AvgIpc) is 3.08. The van der Waals surface area contributed by atoms with E-state index in [1.807, 2.05) is 0 Å². The number of rotatable bonds is 1.